The summed E-state index contributed by atoms with van der Waals surface area (Å²) in [6, 6.07) is 16.3. The zero-order chi connectivity index (χ0) is 20.8. The molecular weight excluding hydrogens is 324 g/mol. The lowest BCUT2D eigenvalue weighted by atomic mass is 9.70. The normalized spacial score (nSPS) is 13.7. The number of benzene rings is 2. The first-order valence-corrected chi connectivity index (χ1v) is 10.3. The Morgan fingerprint density at radius 3 is 1.41 bits per heavy atom. The highest BCUT2D eigenvalue weighted by Crippen LogP contribution is 2.39. The fourth-order valence-electron chi connectivity index (χ4n) is 3.75. The molecule has 148 valence electrons. The van der Waals surface area contributed by atoms with Crippen LogP contribution in [-0.2, 0) is 21.7 Å². The summed E-state index contributed by atoms with van der Waals surface area (Å²) in [7, 11) is 0. The molecule has 0 fully saturated rings. The van der Waals surface area contributed by atoms with Gasteiger partial charge in [-0.15, -0.1) is 0 Å². The van der Waals surface area contributed by atoms with Crippen molar-refractivity contribution in [1.29, 1.82) is 0 Å². The molecule has 0 unspecified atom stereocenters. The molecule has 0 nitrogen and oxygen atoms in total. The molecule has 0 radical (unpaired) electrons. The van der Waals surface area contributed by atoms with Crippen molar-refractivity contribution < 1.29 is 0 Å². The molecule has 2 aromatic carbocycles. The molecule has 0 bridgehead atoms. The summed E-state index contributed by atoms with van der Waals surface area (Å²) in [6.45, 7) is 25.5. The van der Waals surface area contributed by atoms with E-state index < -0.39 is 0 Å². The number of hydrogen-bond acceptors (Lipinski definition) is 0. The maximum Gasteiger partial charge on any atom is 0.0146 e. The van der Waals surface area contributed by atoms with Crippen LogP contribution >= 0.6 is 0 Å². The van der Waals surface area contributed by atoms with Gasteiger partial charge in [0.25, 0.3) is 0 Å². The molecular formula is C27H40. The van der Waals surface area contributed by atoms with Crippen LogP contribution in [-0.4, -0.2) is 0 Å². The van der Waals surface area contributed by atoms with Crippen LogP contribution in [0.4, 0.5) is 0 Å². The second-order valence-corrected chi connectivity index (χ2v) is 11.7. The van der Waals surface area contributed by atoms with Crippen LogP contribution in [0.15, 0.2) is 42.5 Å². The molecule has 0 saturated heterocycles. The van der Waals surface area contributed by atoms with Gasteiger partial charge in [-0.1, -0.05) is 119 Å². The average molecular weight is 365 g/mol. The van der Waals surface area contributed by atoms with Crippen molar-refractivity contribution in [2.45, 2.75) is 97.8 Å². The second kappa shape index (κ2) is 6.80. The minimum absolute atomic E-state index is 0.0301. The van der Waals surface area contributed by atoms with Crippen LogP contribution in [0.5, 0.6) is 0 Å². The number of hydrogen-bond donors (Lipinski definition) is 0. The predicted octanol–water partition coefficient (Wildman–Crippen LogP) is 7.91. The Hall–Kier alpha value is -1.56. The highest BCUT2D eigenvalue weighted by molar-refractivity contribution is 5.47. The summed E-state index contributed by atoms with van der Waals surface area (Å²) in [5.74, 6) is 0. The first-order chi connectivity index (χ1) is 12.0. The van der Waals surface area contributed by atoms with Crippen LogP contribution in [0.3, 0.4) is 0 Å². The molecule has 27 heavy (non-hydrogen) atoms. The third-order valence-electron chi connectivity index (χ3n) is 5.81. The van der Waals surface area contributed by atoms with E-state index in [0.29, 0.717) is 0 Å². The van der Waals surface area contributed by atoms with Gasteiger partial charge >= 0.3 is 0 Å². The Labute approximate surface area is 168 Å². The van der Waals surface area contributed by atoms with E-state index in [4.69, 9.17) is 0 Å². The maximum absolute atomic E-state index is 2.46. The monoisotopic (exact) mass is 364 g/mol. The van der Waals surface area contributed by atoms with E-state index in [1.54, 1.807) is 0 Å². The van der Waals surface area contributed by atoms with Crippen molar-refractivity contribution in [3.63, 3.8) is 0 Å². The third-order valence-corrected chi connectivity index (χ3v) is 5.81. The first-order valence-electron chi connectivity index (χ1n) is 10.3. The molecule has 2 rings (SSSR count). The van der Waals surface area contributed by atoms with Crippen LogP contribution < -0.4 is 0 Å². The van der Waals surface area contributed by atoms with Crippen molar-refractivity contribution in [2.24, 2.45) is 0 Å². The Kier molecular flexibility index (Phi) is 5.47. The van der Waals surface area contributed by atoms with Crippen molar-refractivity contribution >= 4 is 0 Å². The molecule has 0 aliphatic heterocycles. The average Bonchev–Trinajstić information content (AvgIpc) is 2.52. The van der Waals surface area contributed by atoms with Gasteiger partial charge in [0, 0.05) is 5.41 Å². The molecule has 0 heteroatoms. The highest BCUT2D eigenvalue weighted by Gasteiger charge is 2.30. The molecule has 0 aliphatic carbocycles. The van der Waals surface area contributed by atoms with E-state index in [1.165, 1.54) is 27.8 Å². The highest BCUT2D eigenvalue weighted by atomic mass is 14.3. The standard InChI is InChI=1S/C27H40/c1-24(2,3)19-13-12-14-20(17-19)27(10,11)21-15-16-22(25(4,5)6)23(18-21)26(7,8)9/h12-18H,1-11H3. The van der Waals surface area contributed by atoms with E-state index in [0.717, 1.165) is 0 Å². The van der Waals surface area contributed by atoms with Gasteiger partial charge in [0.15, 0.2) is 0 Å². The van der Waals surface area contributed by atoms with Gasteiger partial charge in [-0.3, -0.25) is 0 Å². The van der Waals surface area contributed by atoms with Crippen molar-refractivity contribution in [3.8, 4) is 0 Å². The Balaban J connectivity index is 2.64. The lowest BCUT2D eigenvalue weighted by molar-refractivity contribution is 0.525. The lowest BCUT2D eigenvalue weighted by Crippen LogP contribution is -2.25. The molecule has 0 N–H and O–H groups in total. The maximum atomic E-state index is 2.46. The molecule has 2 aromatic rings. The minimum Gasteiger partial charge on any atom is -0.0617 e. The van der Waals surface area contributed by atoms with Gasteiger partial charge in [0.05, 0.1) is 0 Å². The van der Waals surface area contributed by atoms with Crippen LogP contribution in [0, 0.1) is 0 Å². The summed E-state index contributed by atoms with van der Waals surface area (Å²) in [6.07, 6.45) is 0. The van der Waals surface area contributed by atoms with E-state index in [1.807, 2.05) is 0 Å². The van der Waals surface area contributed by atoms with E-state index in [-0.39, 0.29) is 21.7 Å². The summed E-state index contributed by atoms with van der Waals surface area (Å²) in [4.78, 5) is 0. The van der Waals surface area contributed by atoms with Crippen LogP contribution in [0.25, 0.3) is 0 Å². The molecule has 0 amide bonds. The van der Waals surface area contributed by atoms with Gasteiger partial charge in [-0.2, -0.15) is 0 Å². The van der Waals surface area contributed by atoms with E-state index in [2.05, 4.69) is 119 Å². The summed E-state index contributed by atoms with van der Waals surface area (Å²) >= 11 is 0. The number of rotatable bonds is 2. The van der Waals surface area contributed by atoms with Crippen molar-refractivity contribution in [2.75, 3.05) is 0 Å². The third kappa shape index (κ3) is 4.65. The van der Waals surface area contributed by atoms with Gasteiger partial charge in [0.2, 0.25) is 0 Å². The van der Waals surface area contributed by atoms with E-state index >= 15 is 0 Å². The largest absolute Gasteiger partial charge is 0.0617 e. The van der Waals surface area contributed by atoms with Gasteiger partial charge in [0.1, 0.15) is 0 Å². The SMILES string of the molecule is CC(C)(C)c1cccc(C(C)(C)c2ccc(C(C)(C)C)c(C(C)(C)C)c2)c1. The van der Waals surface area contributed by atoms with Crippen LogP contribution in [0.1, 0.15) is 104 Å². The Bertz CT molecular complexity index is 799. The Morgan fingerprint density at radius 2 is 0.926 bits per heavy atom. The van der Waals surface area contributed by atoms with Gasteiger partial charge < -0.3 is 0 Å². The summed E-state index contributed by atoms with van der Waals surface area (Å²) in [5, 5.41) is 0. The van der Waals surface area contributed by atoms with Gasteiger partial charge in [-0.05, 0) is 44.1 Å². The zero-order valence-electron chi connectivity index (χ0n) is 19.5. The smallest absolute Gasteiger partial charge is 0.0146 e. The molecule has 0 saturated carbocycles. The fraction of sp³-hybridized carbons (Fsp3) is 0.556. The quantitative estimate of drug-likeness (QED) is 0.508. The lowest BCUT2D eigenvalue weighted by Gasteiger charge is -2.34. The zero-order valence-corrected chi connectivity index (χ0v) is 19.5. The molecule has 0 atom stereocenters. The second-order valence-electron chi connectivity index (χ2n) is 11.7. The predicted molar refractivity (Wildman–Crippen MR) is 121 cm³/mol. The fourth-order valence-corrected chi connectivity index (χ4v) is 3.75. The Morgan fingerprint density at radius 1 is 0.444 bits per heavy atom. The first kappa shape index (κ1) is 21.7. The molecule has 0 aromatic heterocycles. The molecule has 0 aliphatic rings. The minimum atomic E-state index is -0.0301. The summed E-state index contributed by atoms with van der Waals surface area (Å²) < 4.78 is 0. The van der Waals surface area contributed by atoms with E-state index in [9.17, 15) is 0 Å². The summed E-state index contributed by atoms with van der Waals surface area (Å²) in [5.41, 5.74) is 7.52. The van der Waals surface area contributed by atoms with Crippen molar-refractivity contribution in [3.05, 3.63) is 70.3 Å². The molecule has 0 spiro atoms. The topological polar surface area (TPSA) is 0 Å². The van der Waals surface area contributed by atoms with Crippen molar-refractivity contribution in [1.82, 2.24) is 0 Å². The molecule has 0 heterocycles. The van der Waals surface area contributed by atoms with Gasteiger partial charge in [-0.25, -0.2) is 0 Å². The van der Waals surface area contributed by atoms with Crippen LogP contribution in [0.2, 0.25) is 0 Å².